The maximum atomic E-state index is 6.56. The second-order valence-corrected chi connectivity index (χ2v) is 7.75. The number of halogens is 1. The summed E-state index contributed by atoms with van der Waals surface area (Å²) in [4.78, 5) is 6.91. The van der Waals surface area contributed by atoms with E-state index in [9.17, 15) is 0 Å². The van der Waals surface area contributed by atoms with Crippen molar-refractivity contribution in [1.82, 2.24) is 0 Å². The average Bonchev–Trinajstić information content (AvgIpc) is 2.58. The minimum absolute atomic E-state index is 0.128. The topological polar surface area (TPSA) is 24.8 Å². The Morgan fingerprint density at radius 2 is 2.00 bits per heavy atom. The second kappa shape index (κ2) is 6.72. The average molecular weight is 357 g/mol. The first-order valence-electron chi connectivity index (χ1n) is 8.58. The van der Waals surface area contributed by atoms with Crippen LogP contribution in [0.25, 0.3) is 0 Å². The largest absolute Gasteiger partial charge is 0.494 e. The number of rotatable bonds is 3. The van der Waals surface area contributed by atoms with Crippen LogP contribution in [0.4, 0.5) is 11.4 Å². The molecule has 25 heavy (non-hydrogen) atoms. The number of aliphatic imine (C=N–C) groups is 1. The van der Waals surface area contributed by atoms with Gasteiger partial charge in [0.25, 0.3) is 0 Å². The van der Waals surface area contributed by atoms with Crippen molar-refractivity contribution in [2.24, 2.45) is 4.99 Å². The van der Waals surface area contributed by atoms with E-state index in [1.165, 1.54) is 11.3 Å². The van der Waals surface area contributed by atoms with Crippen molar-refractivity contribution in [3.05, 3.63) is 52.5 Å². The van der Waals surface area contributed by atoms with Gasteiger partial charge < -0.3 is 9.64 Å². The van der Waals surface area contributed by atoms with E-state index >= 15 is 0 Å². The molecule has 1 aliphatic heterocycles. The van der Waals surface area contributed by atoms with Gasteiger partial charge in [0.15, 0.2) is 0 Å². The van der Waals surface area contributed by atoms with Gasteiger partial charge in [-0.15, -0.1) is 0 Å². The van der Waals surface area contributed by atoms with Crippen LogP contribution in [-0.2, 0) is 0 Å². The van der Waals surface area contributed by atoms with Gasteiger partial charge in [-0.25, -0.2) is 0 Å². The third kappa shape index (κ3) is 3.38. The molecule has 0 fully saturated rings. The van der Waals surface area contributed by atoms with Gasteiger partial charge in [0.2, 0.25) is 0 Å². The summed E-state index contributed by atoms with van der Waals surface area (Å²) in [5.74, 6) is 1.24. The van der Waals surface area contributed by atoms with Crippen molar-refractivity contribution >= 4 is 29.2 Å². The lowest BCUT2D eigenvalue weighted by molar-refractivity contribution is 0.395. The summed E-state index contributed by atoms with van der Waals surface area (Å²) in [6.07, 6.45) is 2.94. The van der Waals surface area contributed by atoms with Gasteiger partial charge in [0.1, 0.15) is 11.4 Å². The maximum absolute atomic E-state index is 6.56. The van der Waals surface area contributed by atoms with Crippen LogP contribution < -0.4 is 9.64 Å². The number of hydrogen-bond acceptors (Lipinski definition) is 3. The first-order valence-corrected chi connectivity index (χ1v) is 8.95. The van der Waals surface area contributed by atoms with Crippen LogP contribution in [0.5, 0.6) is 5.75 Å². The van der Waals surface area contributed by atoms with E-state index in [0.29, 0.717) is 10.9 Å². The van der Waals surface area contributed by atoms with Crippen molar-refractivity contribution in [2.75, 3.05) is 19.1 Å². The lowest BCUT2D eigenvalue weighted by atomic mass is 9.80. The molecule has 0 unspecified atom stereocenters. The molecule has 0 amide bonds. The molecule has 0 N–H and O–H groups in total. The molecule has 3 rings (SSSR count). The smallest absolute Gasteiger partial charge is 0.144 e. The summed E-state index contributed by atoms with van der Waals surface area (Å²) in [7, 11) is 3.79. The molecule has 4 heteroatoms. The molecule has 2 aromatic rings. The Hall–Kier alpha value is -2.00. The molecule has 0 saturated carbocycles. The molecule has 0 radical (unpaired) electrons. The number of benzene rings is 2. The number of hydrogen-bond donors (Lipinski definition) is 0. The third-order valence-corrected chi connectivity index (χ3v) is 5.51. The fourth-order valence-corrected chi connectivity index (χ4v) is 3.79. The van der Waals surface area contributed by atoms with Gasteiger partial charge in [-0.2, -0.15) is 0 Å². The zero-order chi connectivity index (χ0) is 18.2. The minimum Gasteiger partial charge on any atom is -0.494 e. The van der Waals surface area contributed by atoms with Gasteiger partial charge in [0, 0.05) is 30.1 Å². The van der Waals surface area contributed by atoms with Crippen molar-refractivity contribution in [3.8, 4) is 5.75 Å². The molecule has 0 aromatic heterocycles. The van der Waals surface area contributed by atoms with Gasteiger partial charge in [0.05, 0.1) is 12.1 Å². The number of nitrogens with zero attached hydrogens (tertiary/aromatic N) is 2. The van der Waals surface area contributed by atoms with Crippen LogP contribution in [0.3, 0.4) is 0 Å². The maximum Gasteiger partial charge on any atom is 0.144 e. The normalized spacial score (nSPS) is 19.1. The Labute approximate surface area is 155 Å². The van der Waals surface area contributed by atoms with Crippen molar-refractivity contribution in [3.63, 3.8) is 0 Å². The fraction of sp³-hybridized carbons (Fsp3) is 0.381. The molecule has 0 spiro atoms. The van der Waals surface area contributed by atoms with E-state index in [1.807, 2.05) is 30.5 Å². The monoisotopic (exact) mass is 356 g/mol. The Kier molecular flexibility index (Phi) is 4.79. The molecular formula is C21H25ClN2O. The van der Waals surface area contributed by atoms with Gasteiger partial charge in [-0.05, 0) is 56.0 Å². The molecule has 132 valence electrons. The summed E-state index contributed by atoms with van der Waals surface area (Å²) < 4.78 is 5.36. The summed E-state index contributed by atoms with van der Waals surface area (Å²) in [6, 6.07) is 12.0. The Bertz CT molecular complexity index is 814. The zero-order valence-electron chi connectivity index (χ0n) is 15.5. The van der Waals surface area contributed by atoms with E-state index in [0.717, 1.165) is 23.4 Å². The van der Waals surface area contributed by atoms with Crippen LogP contribution in [-0.4, -0.2) is 25.9 Å². The van der Waals surface area contributed by atoms with E-state index in [1.54, 1.807) is 7.11 Å². The lowest BCUT2D eigenvalue weighted by Crippen LogP contribution is -2.45. The summed E-state index contributed by atoms with van der Waals surface area (Å²) in [5.41, 5.74) is 4.40. The quantitative estimate of drug-likeness (QED) is 0.647. The molecular weight excluding hydrogens is 332 g/mol. The summed E-state index contributed by atoms with van der Waals surface area (Å²) >= 11 is 6.56. The van der Waals surface area contributed by atoms with Crippen LogP contribution >= 0.6 is 11.6 Å². The lowest BCUT2D eigenvalue weighted by Gasteiger charge is -2.45. The molecule has 0 aliphatic carbocycles. The Morgan fingerprint density at radius 1 is 1.28 bits per heavy atom. The van der Waals surface area contributed by atoms with Crippen LogP contribution in [0, 0.1) is 0 Å². The van der Waals surface area contributed by atoms with Crippen LogP contribution in [0.1, 0.15) is 44.2 Å². The summed E-state index contributed by atoms with van der Waals surface area (Å²) in [6.45, 7) is 6.83. The molecule has 1 aliphatic rings. The number of fused-ring (bicyclic) bond motifs is 1. The standard InChI is InChI=1S/C21H25ClN2O/c1-14-12-21(2,3)24(4)19-11-17(22)15(10-16(14)19)13-23-18-8-6-7-9-20(18)25-5/h6-11,13-14H,12H2,1-5H3/t14-/m1/s1. The minimum atomic E-state index is 0.128. The van der Waals surface area contributed by atoms with E-state index < -0.39 is 0 Å². The molecule has 0 saturated heterocycles. The van der Waals surface area contributed by atoms with Gasteiger partial charge in [-0.1, -0.05) is 30.7 Å². The van der Waals surface area contributed by atoms with Crippen molar-refractivity contribution in [2.45, 2.75) is 38.6 Å². The SMILES string of the molecule is COc1ccccc1N=Cc1cc2c(cc1Cl)N(C)C(C)(C)C[C@H]2C. The summed E-state index contributed by atoms with van der Waals surface area (Å²) in [5, 5.41) is 0.717. The first-order chi connectivity index (χ1) is 11.8. The molecule has 1 atom stereocenters. The Balaban J connectivity index is 2.00. The predicted octanol–water partition coefficient (Wildman–Crippen LogP) is 5.82. The molecule has 3 nitrogen and oxygen atoms in total. The molecule has 0 bridgehead atoms. The van der Waals surface area contributed by atoms with Gasteiger partial charge in [-0.3, -0.25) is 4.99 Å². The molecule has 2 aromatic carbocycles. The van der Waals surface area contributed by atoms with Crippen molar-refractivity contribution in [1.29, 1.82) is 0 Å². The van der Waals surface area contributed by atoms with Crippen LogP contribution in [0.2, 0.25) is 5.02 Å². The van der Waals surface area contributed by atoms with E-state index in [2.05, 4.69) is 49.8 Å². The molecule has 1 heterocycles. The number of para-hydroxylation sites is 2. The van der Waals surface area contributed by atoms with E-state index in [-0.39, 0.29) is 5.54 Å². The highest BCUT2D eigenvalue weighted by Crippen LogP contribution is 2.44. The first kappa shape index (κ1) is 17.8. The number of methoxy groups -OCH3 is 1. The van der Waals surface area contributed by atoms with Crippen LogP contribution in [0.15, 0.2) is 41.4 Å². The Morgan fingerprint density at radius 3 is 2.72 bits per heavy atom. The van der Waals surface area contributed by atoms with E-state index in [4.69, 9.17) is 16.3 Å². The zero-order valence-corrected chi connectivity index (χ0v) is 16.3. The number of anilines is 1. The highest BCUT2D eigenvalue weighted by molar-refractivity contribution is 6.33. The third-order valence-electron chi connectivity index (χ3n) is 5.18. The highest BCUT2D eigenvalue weighted by Gasteiger charge is 2.34. The predicted molar refractivity (Wildman–Crippen MR) is 107 cm³/mol. The van der Waals surface area contributed by atoms with Crippen molar-refractivity contribution < 1.29 is 4.74 Å². The van der Waals surface area contributed by atoms with Gasteiger partial charge >= 0.3 is 0 Å². The second-order valence-electron chi connectivity index (χ2n) is 7.34. The highest BCUT2D eigenvalue weighted by atomic mass is 35.5. The fourth-order valence-electron chi connectivity index (χ4n) is 3.58. The number of ether oxygens (including phenoxy) is 1.